The highest BCUT2D eigenvalue weighted by atomic mass is 16.5. The molecule has 1 aromatic rings. The van der Waals surface area contributed by atoms with Crippen molar-refractivity contribution in [2.24, 2.45) is 0 Å². The minimum atomic E-state index is -0.520. The summed E-state index contributed by atoms with van der Waals surface area (Å²) in [6.45, 7) is 3.85. The molecular formula is C13H22N2O3. The van der Waals surface area contributed by atoms with Crippen molar-refractivity contribution < 1.29 is 14.6 Å². The largest absolute Gasteiger partial charge is 0.389 e. The fraction of sp³-hybridized carbons (Fsp3) is 0.615. The Morgan fingerprint density at radius 3 is 2.89 bits per heavy atom. The van der Waals surface area contributed by atoms with Crippen LogP contribution in [-0.4, -0.2) is 49.7 Å². The molecule has 0 radical (unpaired) electrons. The number of nitrogens with zero attached hydrogens (tertiary/aromatic N) is 1. The zero-order valence-electron chi connectivity index (χ0n) is 11.0. The Labute approximate surface area is 108 Å². The standard InChI is InChI=1S/C13H22N2O3/c1-11(13-5-3-4-6-14-13)15-9-12(16)10-18-8-7-17-2/h3-6,11-12,15-16H,7-10H2,1-2H3/t11-,12?/m1/s1. The molecule has 0 saturated heterocycles. The zero-order valence-corrected chi connectivity index (χ0v) is 11.0. The van der Waals surface area contributed by atoms with Gasteiger partial charge in [0.05, 0.1) is 31.6 Å². The summed E-state index contributed by atoms with van der Waals surface area (Å²) >= 11 is 0. The molecule has 5 nitrogen and oxygen atoms in total. The fourth-order valence-corrected chi connectivity index (χ4v) is 1.47. The van der Waals surface area contributed by atoms with Gasteiger partial charge in [0, 0.05) is 25.9 Å². The van der Waals surface area contributed by atoms with Gasteiger partial charge in [0.1, 0.15) is 0 Å². The number of aliphatic hydroxyl groups excluding tert-OH is 1. The summed E-state index contributed by atoms with van der Waals surface area (Å²) in [6, 6.07) is 5.90. The Morgan fingerprint density at radius 1 is 1.39 bits per heavy atom. The molecule has 0 spiro atoms. The van der Waals surface area contributed by atoms with E-state index >= 15 is 0 Å². The van der Waals surface area contributed by atoms with E-state index < -0.39 is 6.10 Å². The molecule has 1 unspecified atom stereocenters. The van der Waals surface area contributed by atoms with E-state index in [4.69, 9.17) is 9.47 Å². The number of ether oxygens (including phenoxy) is 2. The Kier molecular flexibility index (Phi) is 7.52. The van der Waals surface area contributed by atoms with Crippen LogP contribution in [0.25, 0.3) is 0 Å². The van der Waals surface area contributed by atoms with Crippen LogP contribution in [0.5, 0.6) is 0 Å². The number of aromatic nitrogens is 1. The number of rotatable bonds is 9. The van der Waals surface area contributed by atoms with Crippen LogP contribution in [0.15, 0.2) is 24.4 Å². The van der Waals surface area contributed by atoms with Gasteiger partial charge < -0.3 is 19.9 Å². The van der Waals surface area contributed by atoms with Gasteiger partial charge in [-0.1, -0.05) is 6.07 Å². The van der Waals surface area contributed by atoms with Crippen molar-refractivity contribution in [2.75, 3.05) is 33.5 Å². The molecule has 5 heteroatoms. The summed E-state index contributed by atoms with van der Waals surface area (Å²) in [6.07, 6.45) is 1.24. The molecule has 0 aliphatic rings. The predicted molar refractivity (Wildman–Crippen MR) is 69.4 cm³/mol. The average molecular weight is 254 g/mol. The molecule has 0 aliphatic carbocycles. The van der Waals surface area contributed by atoms with Gasteiger partial charge >= 0.3 is 0 Å². The maximum Gasteiger partial charge on any atom is 0.0897 e. The van der Waals surface area contributed by atoms with Crippen molar-refractivity contribution in [3.8, 4) is 0 Å². The summed E-state index contributed by atoms with van der Waals surface area (Å²) in [4.78, 5) is 4.25. The van der Waals surface area contributed by atoms with Gasteiger partial charge in [0.2, 0.25) is 0 Å². The number of hydrogen-bond acceptors (Lipinski definition) is 5. The summed E-state index contributed by atoms with van der Waals surface area (Å²) in [5.41, 5.74) is 0.963. The summed E-state index contributed by atoms with van der Waals surface area (Å²) in [5.74, 6) is 0. The maximum absolute atomic E-state index is 9.70. The second-order valence-electron chi connectivity index (χ2n) is 4.11. The fourth-order valence-electron chi connectivity index (χ4n) is 1.47. The Hall–Kier alpha value is -1.01. The van der Waals surface area contributed by atoms with E-state index in [0.29, 0.717) is 26.4 Å². The summed E-state index contributed by atoms with van der Waals surface area (Å²) < 4.78 is 10.1. The maximum atomic E-state index is 9.70. The molecule has 102 valence electrons. The van der Waals surface area contributed by atoms with Gasteiger partial charge in [0.15, 0.2) is 0 Å². The highest BCUT2D eigenvalue weighted by Crippen LogP contribution is 2.07. The molecule has 1 aromatic heterocycles. The predicted octanol–water partition coefficient (Wildman–Crippen LogP) is 0.756. The second-order valence-corrected chi connectivity index (χ2v) is 4.11. The molecule has 0 aromatic carbocycles. The topological polar surface area (TPSA) is 63.6 Å². The summed E-state index contributed by atoms with van der Waals surface area (Å²) in [7, 11) is 1.62. The lowest BCUT2D eigenvalue weighted by Gasteiger charge is -2.16. The van der Waals surface area contributed by atoms with E-state index in [1.807, 2.05) is 25.1 Å². The Balaban J connectivity index is 2.16. The van der Waals surface area contributed by atoms with Crippen LogP contribution in [0, 0.1) is 0 Å². The molecule has 1 rings (SSSR count). The first-order valence-corrected chi connectivity index (χ1v) is 6.13. The molecule has 2 atom stereocenters. The molecule has 0 amide bonds. The van der Waals surface area contributed by atoms with Crippen LogP contribution in [0.2, 0.25) is 0 Å². The summed E-state index contributed by atoms with van der Waals surface area (Å²) in [5, 5.41) is 12.9. The van der Waals surface area contributed by atoms with Gasteiger partial charge in [-0.3, -0.25) is 4.98 Å². The lowest BCUT2D eigenvalue weighted by atomic mass is 10.2. The SMILES string of the molecule is COCCOCC(O)CN[C@H](C)c1ccccn1. The monoisotopic (exact) mass is 254 g/mol. The van der Waals surface area contributed by atoms with Crippen molar-refractivity contribution in [3.05, 3.63) is 30.1 Å². The second kappa shape index (κ2) is 8.99. The first-order valence-electron chi connectivity index (χ1n) is 6.13. The first kappa shape index (κ1) is 15.0. The zero-order chi connectivity index (χ0) is 13.2. The van der Waals surface area contributed by atoms with E-state index in [1.54, 1.807) is 13.3 Å². The van der Waals surface area contributed by atoms with Crippen LogP contribution in [0.1, 0.15) is 18.7 Å². The molecule has 0 saturated carbocycles. The Morgan fingerprint density at radius 2 is 2.22 bits per heavy atom. The quantitative estimate of drug-likeness (QED) is 0.637. The van der Waals surface area contributed by atoms with Gasteiger partial charge in [0.25, 0.3) is 0 Å². The van der Waals surface area contributed by atoms with E-state index in [1.165, 1.54) is 0 Å². The highest BCUT2D eigenvalue weighted by molar-refractivity contribution is 5.07. The number of hydrogen-bond donors (Lipinski definition) is 2. The number of nitrogens with one attached hydrogen (secondary N) is 1. The molecule has 1 heterocycles. The minimum Gasteiger partial charge on any atom is -0.389 e. The third-order valence-electron chi connectivity index (χ3n) is 2.53. The van der Waals surface area contributed by atoms with E-state index in [9.17, 15) is 5.11 Å². The van der Waals surface area contributed by atoms with Crippen LogP contribution in [0.3, 0.4) is 0 Å². The molecule has 18 heavy (non-hydrogen) atoms. The van der Waals surface area contributed by atoms with Gasteiger partial charge in [-0.15, -0.1) is 0 Å². The smallest absolute Gasteiger partial charge is 0.0897 e. The van der Waals surface area contributed by atoms with Crippen molar-refractivity contribution >= 4 is 0 Å². The van der Waals surface area contributed by atoms with E-state index in [2.05, 4.69) is 10.3 Å². The molecule has 0 fully saturated rings. The van der Waals surface area contributed by atoms with Crippen LogP contribution < -0.4 is 5.32 Å². The minimum absolute atomic E-state index is 0.111. The van der Waals surface area contributed by atoms with E-state index in [-0.39, 0.29) is 6.04 Å². The van der Waals surface area contributed by atoms with Gasteiger partial charge in [-0.05, 0) is 19.1 Å². The van der Waals surface area contributed by atoms with Crippen LogP contribution in [0.4, 0.5) is 0 Å². The van der Waals surface area contributed by atoms with Crippen molar-refractivity contribution in [1.29, 1.82) is 0 Å². The number of aliphatic hydroxyl groups is 1. The molecule has 0 aliphatic heterocycles. The van der Waals surface area contributed by atoms with Crippen LogP contribution in [-0.2, 0) is 9.47 Å². The molecule has 0 bridgehead atoms. The normalized spacial score (nSPS) is 14.4. The third kappa shape index (κ3) is 6.07. The number of pyridine rings is 1. The van der Waals surface area contributed by atoms with Gasteiger partial charge in [-0.2, -0.15) is 0 Å². The average Bonchev–Trinajstić information content (AvgIpc) is 2.42. The third-order valence-corrected chi connectivity index (χ3v) is 2.53. The van der Waals surface area contributed by atoms with Crippen LogP contribution >= 0.6 is 0 Å². The molecule has 2 N–H and O–H groups in total. The van der Waals surface area contributed by atoms with Crippen molar-refractivity contribution in [1.82, 2.24) is 10.3 Å². The van der Waals surface area contributed by atoms with Crippen molar-refractivity contribution in [2.45, 2.75) is 19.1 Å². The molecular weight excluding hydrogens is 232 g/mol. The van der Waals surface area contributed by atoms with Crippen molar-refractivity contribution in [3.63, 3.8) is 0 Å². The number of methoxy groups -OCH3 is 1. The van der Waals surface area contributed by atoms with E-state index in [0.717, 1.165) is 5.69 Å². The highest BCUT2D eigenvalue weighted by Gasteiger charge is 2.09. The lowest BCUT2D eigenvalue weighted by molar-refractivity contribution is 0.0130. The lowest BCUT2D eigenvalue weighted by Crippen LogP contribution is -2.32. The Bertz CT molecular complexity index is 308. The first-order chi connectivity index (χ1) is 8.74. The van der Waals surface area contributed by atoms with Gasteiger partial charge in [-0.25, -0.2) is 0 Å².